The second-order valence-electron chi connectivity index (χ2n) is 15.0. The molecule has 0 aromatic carbocycles. The molecule has 0 radical (unpaired) electrons. The van der Waals surface area contributed by atoms with Gasteiger partial charge in [0.1, 0.15) is 11.0 Å². The van der Waals surface area contributed by atoms with Gasteiger partial charge in [-0.2, -0.15) is 39.9 Å². The standard InChI is InChI=1S/C10H15N7O2.C10H15N7O.C9H13N7O2.C7H7ClN6O2.C2H3N.CH4O/c1-16(2)8-7-9(17(3)5-12-7)14-10(13-8)11-4-6(18)15-19;1-16(2)8-7-9(17(3)5-13-7)15-10(14-8)12-4-6(11)18;1-16(2)8-6-7(12-4-11-6)13-9(14-8)10-3-5(17)15-18;8-5-4-6(11-2-10-4)13-7(12-5)9-1-3(15)14-16;1-2-3;1-2/h5,19H,4H2,1-3H3,(H,15,18)(H,11,13,14);5H,4H2,1-3H3,(H2,11,18)(H,12,14,15);4,18H,3H2,1-2H3,(H,15,17)(H2,10,11,12,13,14);2,16H,1H2,(H,14,15)(H2,9,10,11,12,13);1H,3H2;2H,1H3. The summed E-state index contributed by atoms with van der Waals surface area (Å²) in [7, 11) is 15.8. The summed E-state index contributed by atoms with van der Waals surface area (Å²) in [5.74, 6) is 0.853. The number of halogens is 1. The average Bonchev–Trinajstić information content (AvgIpc) is 4.24. The van der Waals surface area contributed by atoms with E-state index in [1.165, 1.54) is 29.1 Å². The molecule has 0 saturated heterocycles. The lowest BCUT2D eigenvalue weighted by Gasteiger charge is -2.13. The number of fused-ring (bicyclic) bond motifs is 4. The highest BCUT2D eigenvalue weighted by Gasteiger charge is 2.16. The highest BCUT2D eigenvalue weighted by atomic mass is 35.5. The first-order valence-electron chi connectivity index (χ1n) is 21.4. The van der Waals surface area contributed by atoms with E-state index < -0.39 is 23.6 Å². The molecular weight excluding hydrogens is 1020 g/mol. The van der Waals surface area contributed by atoms with E-state index in [9.17, 15) is 19.2 Å². The van der Waals surface area contributed by atoms with Gasteiger partial charge in [0.25, 0.3) is 17.7 Å². The van der Waals surface area contributed by atoms with Crippen LogP contribution >= 0.6 is 11.6 Å². The highest BCUT2D eigenvalue weighted by molar-refractivity contribution is 6.33. The van der Waals surface area contributed by atoms with Crippen LogP contribution in [0.2, 0.25) is 5.15 Å². The molecule has 408 valence electrons. The first-order chi connectivity index (χ1) is 36.2. The molecule has 8 aromatic rings. The molecule has 0 bridgehead atoms. The number of imidazole rings is 4. The number of anilines is 7. The number of nitrogens with two attached hydrogens (primary N) is 2. The number of hydroxylamine groups is 3. The molecule has 0 spiro atoms. The summed E-state index contributed by atoms with van der Waals surface area (Å²) >= 11 is 5.84. The van der Waals surface area contributed by atoms with E-state index in [1.54, 1.807) is 32.7 Å². The van der Waals surface area contributed by atoms with Crippen LogP contribution in [0.1, 0.15) is 0 Å². The van der Waals surface area contributed by atoms with Crippen molar-refractivity contribution >= 4 is 121 Å². The number of hydrogen-bond acceptors (Lipinski definition) is 28. The number of carbonyl (C=O) groups is 4. The number of carbonyl (C=O) groups excluding carboxylic acids is 4. The summed E-state index contributed by atoms with van der Waals surface area (Å²) in [6.45, 7) is -0.412. The number of hydrogen-bond donors (Lipinski definition) is 15. The number of aryl methyl sites for hydroxylation is 2. The predicted octanol–water partition coefficient (Wildman–Crippen LogP) is -2.92. The Morgan fingerprint density at radius 2 is 0.934 bits per heavy atom. The normalized spacial score (nSPS) is 9.96. The van der Waals surface area contributed by atoms with E-state index in [0.29, 0.717) is 68.5 Å². The molecule has 8 rings (SSSR count). The smallest absolute Gasteiger partial charge is 0.262 e. The van der Waals surface area contributed by atoms with E-state index in [1.807, 2.05) is 66.2 Å². The van der Waals surface area contributed by atoms with Crippen molar-refractivity contribution < 1.29 is 39.9 Å². The van der Waals surface area contributed by atoms with E-state index in [4.69, 9.17) is 38.1 Å². The SMILES string of the molecule is C#CN.CN(C)c1nc(NCC(=O)NO)nc2c1ncn2C.CN(C)c1nc(NCC(=O)NO)nc2nc[nH]c12.CN(C)c1nc(NCC(N)=O)nc2c1ncn2C.CO.O=C(CNc1nc(Cl)c2[nH]cnc2n1)NO. The van der Waals surface area contributed by atoms with Gasteiger partial charge in [0.05, 0.1) is 51.5 Å². The summed E-state index contributed by atoms with van der Waals surface area (Å²) in [5.41, 5.74) is 18.9. The molecule has 0 fully saturated rings. The molecule has 0 aliphatic heterocycles. The first-order valence-corrected chi connectivity index (χ1v) is 21.7. The molecule has 0 atom stereocenters. The fourth-order valence-electron chi connectivity index (χ4n) is 5.63. The second kappa shape index (κ2) is 29.6. The van der Waals surface area contributed by atoms with Gasteiger partial charge < -0.3 is 71.6 Å². The fraction of sp³-hybridized carbons (Fsp3) is 0.333. The Bertz CT molecular complexity index is 3220. The van der Waals surface area contributed by atoms with Crippen molar-refractivity contribution in [2.24, 2.45) is 25.6 Å². The number of terminal acetylenes is 1. The van der Waals surface area contributed by atoms with Crippen molar-refractivity contribution in [1.82, 2.24) is 95.4 Å². The molecule has 0 aliphatic carbocycles. The zero-order chi connectivity index (χ0) is 56.6. The zero-order valence-electron chi connectivity index (χ0n) is 42.3. The lowest BCUT2D eigenvalue weighted by Crippen LogP contribution is -2.27. The van der Waals surface area contributed by atoms with Crippen molar-refractivity contribution in [2.45, 2.75) is 0 Å². The Balaban J connectivity index is 0.000000259. The minimum absolute atomic E-state index is 0.00374. The minimum atomic E-state index is -0.609. The van der Waals surface area contributed by atoms with Gasteiger partial charge in [-0.3, -0.25) is 34.8 Å². The van der Waals surface area contributed by atoms with Gasteiger partial charge in [-0.05, 0) is 6.04 Å². The van der Waals surface area contributed by atoms with Crippen LogP contribution in [0.5, 0.6) is 0 Å². The third-order valence-corrected chi connectivity index (χ3v) is 9.15. The molecule has 4 amide bonds. The van der Waals surface area contributed by atoms with E-state index in [0.717, 1.165) is 12.6 Å². The summed E-state index contributed by atoms with van der Waals surface area (Å²) in [5, 5.41) is 43.1. The van der Waals surface area contributed by atoms with E-state index >= 15 is 0 Å². The van der Waals surface area contributed by atoms with Crippen LogP contribution in [0.15, 0.2) is 25.3 Å². The molecule has 37 heteroatoms. The third kappa shape index (κ3) is 17.2. The van der Waals surface area contributed by atoms with Gasteiger partial charge in [-0.1, -0.05) is 18.0 Å². The summed E-state index contributed by atoms with van der Waals surface area (Å²) in [6, 6.07) is 1.75. The van der Waals surface area contributed by atoms with Crippen molar-refractivity contribution in [3.8, 4) is 12.5 Å². The van der Waals surface area contributed by atoms with Crippen LogP contribution < -0.4 is 63.9 Å². The Hall–Kier alpha value is -9.83. The predicted molar refractivity (Wildman–Crippen MR) is 278 cm³/mol. The van der Waals surface area contributed by atoms with Gasteiger partial charge in [0.2, 0.25) is 29.7 Å². The quantitative estimate of drug-likeness (QED) is 0.0161. The number of amides is 4. The number of aliphatic hydroxyl groups is 1. The number of aliphatic hydroxyl groups excluding tert-OH is 1. The topological polar surface area (TPSA) is 491 Å². The maximum Gasteiger partial charge on any atom is 0.262 e. The molecule has 8 aromatic heterocycles. The Morgan fingerprint density at radius 3 is 1.32 bits per heavy atom. The largest absolute Gasteiger partial charge is 0.400 e. The number of aromatic nitrogens is 16. The van der Waals surface area contributed by atoms with Crippen molar-refractivity contribution in [3.63, 3.8) is 0 Å². The number of rotatable bonds is 15. The van der Waals surface area contributed by atoms with Gasteiger partial charge in [0.15, 0.2) is 56.2 Å². The van der Waals surface area contributed by atoms with Crippen molar-refractivity contribution in [3.05, 3.63) is 30.5 Å². The van der Waals surface area contributed by atoms with Crippen LogP contribution in [0, 0.1) is 12.5 Å². The number of nitrogens with one attached hydrogen (secondary N) is 9. The maximum atomic E-state index is 11.0. The first kappa shape index (κ1) is 60.5. The van der Waals surface area contributed by atoms with Crippen LogP contribution in [0.3, 0.4) is 0 Å². The minimum Gasteiger partial charge on any atom is -0.400 e. The molecule has 8 heterocycles. The zero-order valence-corrected chi connectivity index (χ0v) is 43.0. The van der Waals surface area contributed by atoms with E-state index in [-0.39, 0.29) is 43.2 Å². The second-order valence-corrected chi connectivity index (χ2v) is 15.4. The Morgan fingerprint density at radius 1 is 0.592 bits per heavy atom. The average molecular weight is 1080 g/mol. The molecule has 0 saturated carbocycles. The molecule has 0 aliphatic rings. The van der Waals surface area contributed by atoms with Gasteiger partial charge >= 0.3 is 0 Å². The fourth-order valence-corrected chi connectivity index (χ4v) is 5.84. The summed E-state index contributed by atoms with van der Waals surface area (Å²) in [4.78, 5) is 104. The van der Waals surface area contributed by atoms with Crippen molar-refractivity contribution in [1.29, 1.82) is 0 Å². The van der Waals surface area contributed by atoms with Crippen LogP contribution in [0.25, 0.3) is 44.7 Å². The van der Waals surface area contributed by atoms with Crippen molar-refractivity contribution in [2.75, 3.05) is 112 Å². The molecular formula is C39H57ClN28O8. The van der Waals surface area contributed by atoms with Gasteiger partial charge in [-0.15, -0.1) is 0 Å². The molecule has 36 nitrogen and oxygen atoms in total. The molecule has 17 N–H and O–H groups in total. The summed E-state index contributed by atoms with van der Waals surface area (Å²) < 4.78 is 3.56. The van der Waals surface area contributed by atoms with Gasteiger partial charge in [-0.25, -0.2) is 36.4 Å². The lowest BCUT2D eigenvalue weighted by atomic mass is 10.4. The number of H-pyrrole nitrogens is 2. The van der Waals surface area contributed by atoms with Gasteiger partial charge in [0, 0.05) is 63.5 Å². The number of primary amides is 1. The highest BCUT2D eigenvalue weighted by Crippen LogP contribution is 2.24. The van der Waals surface area contributed by atoms with Crippen LogP contribution in [0.4, 0.5) is 41.2 Å². The Labute approximate surface area is 435 Å². The number of aromatic amines is 2. The molecule has 76 heavy (non-hydrogen) atoms. The Kier molecular flexibility index (Phi) is 23.6. The van der Waals surface area contributed by atoms with Crippen LogP contribution in [-0.4, -0.2) is 199 Å². The molecule has 0 unspecified atom stereocenters. The summed E-state index contributed by atoms with van der Waals surface area (Å²) in [6.07, 6.45) is 10.7. The lowest BCUT2D eigenvalue weighted by molar-refractivity contribution is -0.128. The number of nitrogens with zero attached hydrogens (tertiary/aromatic N) is 17. The maximum absolute atomic E-state index is 11.0. The van der Waals surface area contributed by atoms with E-state index in [2.05, 4.69) is 103 Å². The monoisotopic (exact) mass is 1080 g/mol. The third-order valence-electron chi connectivity index (χ3n) is 8.88. The van der Waals surface area contributed by atoms with Crippen LogP contribution in [-0.2, 0) is 33.3 Å².